The van der Waals surface area contributed by atoms with E-state index in [9.17, 15) is 13.4 Å². The molecule has 4 nitrogen and oxygen atoms in total. The van der Waals surface area contributed by atoms with E-state index in [2.05, 4.69) is 4.40 Å². The van der Waals surface area contributed by atoms with Crippen molar-refractivity contribution in [2.45, 2.75) is 64.7 Å². The first-order chi connectivity index (χ1) is 10.8. The summed E-state index contributed by atoms with van der Waals surface area (Å²) < 4.78 is 35.0. The Balaban J connectivity index is 3.18. The van der Waals surface area contributed by atoms with Gasteiger partial charge in [0.25, 0.3) is 0 Å². The minimum absolute atomic E-state index is 0.161. The Morgan fingerprint density at radius 2 is 1.83 bits per heavy atom. The van der Waals surface area contributed by atoms with Gasteiger partial charge in [-0.2, -0.15) is 4.40 Å². The van der Waals surface area contributed by atoms with Gasteiger partial charge >= 0.3 is 5.97 Å². The molecule has 1 rings (SSSR count). The number of rotatable bonds is 4. The van der Waals surface area contributed by atoms with Crippen LogP contribution in [0.3, 0.4) is 0 Å². The minimum atomic E-state index is -1.51. The van der Waals surface area contributed by atoms with Crippen molar-refractivity contribution < 1.29 is 18.1 Å². The van der Waals surface area contributed by atoms with Crippen LogP contribution in [-0.2, 0) is 20.5 Å². The molecule has 0 aliphatic carbocycles. The Morgan fingerprint density at radius 1 is 1.25 bits per heavy atom. The third-order valence-electron chi connectivity index (χ3n) is 3.11. The van der Waals surface area contributed by atoms with Crippen LogP contribution in [0.5, 0.6) is 0 Å². The van der Waals surface area contributed by atoms with Crippen LogP contribution in [0.25, 0.3) is 0 Å². The monoisotopic (exact) mass is 355 g/mol. The highest BCUT2D eigenvalue weighted by Crippen LogP contribution is 2.25. The van der Waals surface area contributed by atoms with E-state index in [0.29, 0.717) is 5.56 Å². The summed E-state index contributed by atoms with van der Waals surface area (Å²) in [5.74, 6) is -1.62. The maximum Gasteiger partial charge on any atom is 0.313 e. The zero-order valence-corrected chi connectivity index (χ0v) is 16.2. The third kappa shape index (κ3) is 5.82. The Bertz CT molecular complexity index is 657. The zero-order valence-electron chi connectivity index (χ0n) is 15.3. The van der Waals surface area contributed by atoms with E-state index >= 15 is 0 Å². The number of carbonyl (C=O) groups excluding carboxylic acids is 1. The molecule has 1 aromatic rings. The average molecular weight is 355 g/mol. The van der Waals surface area contributed by atoms with Crippen molar-refractivity contribution in [3.05, 3.63) is 35.1 Å². The predicted octanol–water partition coefficient (Wildman–Crippen LogP) is 4.15. The largest absolute Gasteiger partial charge is 0.460 e. The molecule has 6 heteroatoms. The van der Waals surface area contributed by atoms with Crippen LogP contribution in [0.1, 0.15) is 65.5 Å². The molecule has 134 valence electrons. The van der Waals surface area contributed by atoms with Gasteiger partial charge in [-0.1, -0.05) is 12.1 Å². The Kier molecular flexibility index (Phi) is 6.45. The number of nitrogens with zero attached hydrogens (tertiary/aromatic N) is 1. The van der Waals surface area contributed by atoms with Gasteiger partial charge in [0.05, 0.1) is 10.7 Å². The molecule has 0 aromatic heterocycles. The smallest absolute Gasteiger partial charge is 0.313 e. The van der Waals surface area contributed by atoms with Crippen LogP contribution >= 0.6 is 0 Å². The molecule has 0 fully saturated rings. The van der Waals surface area contributed by atoms with E-state index in [1.165, 1.54) is 18.3 Å². The number of halogens is 1. The van der Waals surface area contributed by atoms with Crippen molar-refractivity contribution in [3.63, 3.8) is 0 Å². The summed E-state index contributed by atoms with van der Waals surface area (Å²) >= 11 is 0. The standard InChI is InChI=1S/C18H26FNO3S/c1-12(16(21)23-17(2,3)4)13-9-8-10-15(19)14(13)11-20-24(22)18(5,6)7/h8-12H,1-7H3/b20-11+/t12?,24-/m1/s1. The molecule has 24 heavy (non-hydrogen) atoms. The van der Waals surface area contributed by atoms with E-state index in [4.69, 9.17) is 4.74 Å². The van der Waals surface area contributed by atoms with Crippen LogP contribution in [-0.4, -0.2) is 26.7 Å². The van der Waals surface area contributed by atoms with Crippen molar-refractivity contribution in [2.24, 2.45) is 4.40 Å². The number of hydrogen-bond donors (Lipinski definition) is 0. The lowest BCUT2D eigenvalue weighted by Crippen LogP contribution is -2.27. The SMILES string of the molecule is CC(C(=O)OC(C)(C)C)c1cccc(F)c1/C=N/[S@](=O)C(C)(C)C. The lowest BCUT2D eigenvalue weighted by molar-refractivity contribution is -0.156. The average Bonchev–Trinajstić information content (AvgIpc) is 2.41. The Hall–Kier alpha value is -1.56. The molecule has 0 aliphatic rings. The maximum absolute atomic E-state index is 14.2. The summed E-state index contributed by atoms with van der Waals surface area (Å²) in [4.78, 5) is 12.3. The second-order valence-corrected chi connectivity index (χ2v) is 9.53. The van der Waals surface area contributed by atoms with Gasteiger partial charge in [0.15, 0.2) is 0 Å². The van der Waals surface area contributed by atoms with Crippen molar-refractivity contribution in [1.29, 1.82) is 0 Å². The summed E-state index contributed by atoms with van der Waals surface area (Å²) in [5.41, 5.74) is -0.00642. The first-order valence-corrected chi connectivity index (χ1v) is 8.91. The first-order valence-electron chi connectivity index (χ1n) is 7.80. The van der Waals surface area contributed by atoms with E-state index in [1.807, 2.05) is 0 Å². The van der Waals surface area contributed by atoms with Crippen LogP contribution in [0.15, 0.2) is 22.6 Å². The maximum atomic E-state index is 14.2. The molecule has 0 amide bonds. The number of esters is 1. The van der Waals surface area contributed by atoms with Crippen LogP contribution < -0.4 is 0 Å². The van der Waals surface area contributed by atoms with Crippen molar-refractivity contribution in [2.75, 3.05) is 0 Å². The van der Waals surface area contributed by atoms with Gasteiger partial charge in [-0.25, -0.2) is 8.60 Å². The molecule has 0 bridgehead atoms. The second kappa shape index (κ2) is 7.55. The van der Waals surface area contributed by atoms with Crippen LogP contribution in [0, 0.1) is 5.82 Å². The van der Waals surface area contributed by atoms with Gasteiger partial charge < -0.3 is 4.74 Å². The number of hydrogen-bond acceptors (Lipinski definition) is 3. The predicted molar refractivity (Wildman–Crippen MR) is 96.1 cm³/mol. The fraction of sp³-hybridized carbons (Fsp3) is 0.556. The molecule has 0 radical (unpaired) electrons. The highest BCUT2D eigenvalue weighted by atomic mass is 32.2. The van der Waals surface area contributed by atoms with E-state index in [1.54, 1.807) is 54.5 Å². The van der Waals surface area contributed by atoms with Crippen molar-refractivity contribution >= 4 is 23.2 Å². The molecule has 1 aromatic carbocycles. The molecule has 0 saturated heterocycles. The second-order valence-electron chi connectivity index (χ2n) is 7.59. The van der Waals surface area contributed by atoms with E-state index < -0.39 is 39.0 Å². The summed E-state index contributed by atoms with van der Waals surface area (Å²) in [7, 11) is -1.51. The molecule has 0 N–H and O–H groups in total. The molecule has 1 unspecified atom stereocenters. The highest BCUT2D eigenvalue weighted by molar-refractivity contribution is 7.85. The fourth-order valence-electron chi connectivity index (χ4n) is 1.84. The van der Waals surface area contributed by atoms with Gasteiger partial charge in [-0.3, -0.25) is 4.79 Å². The lowest BCUT2D eigenvalue weighted by Gasteiger charge is -2.23. The summed E-state index contributed by atoms with van der Waals surface area (Å²) in [6.07, 6.45) is 1.24. The van der Waals surface area contributed by atoms with Gasteiger partial charge in [0.2, 0.25) is 0 Å². The molecule has 0 spiro atoms. The fourth-order valence-corrected chi connectivity index (χ4v) is 2.36. The Morgan fingerprint density at radius 3 is 2.33 bits per heavy atom. The third-order valence-corrected chi connectivity index (χ3v) is 4.46. The first kappa shape index (κ1) is 20.5. The Labute approximate surface area is 146 Å². The van der Waals surface area contributed by atoms with Gasteiger partial charge in [-0.15, -0.1) is 0 Å². The van der Waals surface area contributed by atoms with Crippen LogP contribution in [0.2, 0.25) is 0 Å². The van der Waals surface area contributed by atoms with Gasteiger partial charge in [0, 0.05) is 11.8 Å². The molecule has 0 saturated carbocycles. The van der Waals surface area contributed by atoms with Gasteiger partial charge in [-0.05, 0) is 60.1 Å². The zero-order chi connectivity index (χ0) is 18.7. The quantitative estimate of drug-likeness (QED) is 0.602. The normalized spacial score (nSPS) is 15.3. The summed E-state index contributed by atoms with van der Waals surface area (Å²) in [6, 6.07) is 4.47. The molecule has 2 atom stereocenters. The molecular formula is C18H26FNO3S. The number of benzene rings is 1. The molecular weight excluding hydrogens is 329 g/mol. The van der Waals surface area contributed by atoms with E-state index in [-0.39, 0.29) is 5.56 Å². The number of ether oxygens (including phenoxy) is 1. The number of carbonyl (C=O) groups is 1. The topological polar surface area (TPSA) is 55.7 Å². The molecule has 0 heterocycles. The van der Waals surface area contributed by atoms with Crippen molar-refractivity contribution in [1.82, 2.24) is 0 Å². The van der Waals surface area contributed by atoms with E-state index in [0.717, 1.165) is 0 Å². The lowest BCUT2D eigenvalue weighted by atomic mass is 9.95. The highest BCUT2D eigenvalue weighted by Gasteiger charge is 2.26. The summed E-state index contributed by atoms with van der Waals surface area (Å²) in [5, 5.41) is 0. The minimum Gasteiger partial charge on any atom is -0.460 e. The van der Waals surface area contributed by atoms with Crippen LogP contribution in [0.4, 0.5) is 4.39 Å². The molecule has 0 aliphatic heterocycles. The summed E-state index contributed by atoms with van der Waals surface area (Å²) in [6.45, 7) is 12.3. The van der Waals surface area contributed by atoms with Gasteiger partial charge in [0.1, 0.15) is 22.4 Å². The van der Waals surface area contributed by atoms with Crippen molar-refractivity contribution in [3.8, 4) is 0 Å².